The Morgan fingerprint density at radius 2 is 1.57 bits per heavy atom. The molecule has 2 atom stereocenters. The van der Waals surface area contributed by atoms with Gasteiger partial charge in [0.2, 0.25) is 0 Å². The molecule has 2 aromatic carbocycles. The lowest BCUT2D eigenvalue weighted by molar-refractivity contribution is 0.226. The van der Waals surface area contributed by atoms with E-state index < -0.39 is 0 Å². The zero-order valence-corrected chi connectivity index (χ0v) is 17.6. The summed E-state index contributed by atoms with van der Waals surface area (Å²) in [6.07, 6.45) is 4.47. The van der Waals surface area contributed by atoms with Gasteiger partial charge in [-0.15, -0.1) is 0 Å². The molecule has 2 nitrogen and oxygen atoms in total. The number of rotatable bonds is 2. The molecule has 0 fully saturated rings. The van der Waals surface area contributed by atoms with Gasteiger partial charge in [0, 0.05) is 5.70 Å². The van der Waals surface area contributed by atoms with Gasteiger partial charge in [0.25, 0.3) is 0 Å². The summed E-state index contributed by atoms with van der Waals surface area (Å²) in [5.74, 6) is 0.586. The van der Waals surface area contributed by atoms with E-state index in [0.717, 1.165) is 12.8 Å². The van der Waals surface area contributed by atoms with Gasteiger partial charge in [-0.2, -0.15) is 0 Å². The lowest BCUT2D eigenvalue weighted by Crippen LogP contribution is -2.46. The lowest BCUT2D eigenvalue weighted by Gasteiger charge is -2.42. The largest absolute Gasteiger partial charge is 0.352 e. The molecule has 3 heteroatoms. The monoisotopic (exact) mass is 388 g/mol. The van der Waals surface area contributed by atoms with Crippen molar-refractivity contribution in [1.82, 2.24) is 10.6 Å². The Morgan fingerprint density at radius 1 is 0.929 bits per heavy atom. The molecule has 0 radical (unpaired) electrons. The minimum atomic E-state index is 0.134. The van der Waals surface area contributed by atoms with Crippen molar-refractivity contribution in [3.05, 3.63) is 88.6 Å². The Balaban J connectivity index is 1.84. The second kappa shape index (κ2) is 7.56. The van der Waals surface area contributed by atoms with E-state index in [2.05, 4.69) is 98.1 Å². The van der Waals surface area contributed by atoms with Crippen LogP contribution in [0.25, 0.3) is 6.08 Å². The van der Waals surface area contributed by atoms with E-state index in [1.54, 1.807) is 0 Å². The molecule has 1 aliphatic heterocycles. The summed E-state index contributed by atoms with van der Waals surface area (Å²) >= 11 is 5.59. The Morgan fingerprint density at radius 3 is 2.21 bits per heavy atom. The highest BCUT2D eigenvalue weighted by Crippen LogP contribution is 2.46. The fraction of sp³-hybridized carbons (Fsp3) is 0.320. The molecule has 0 saturated carbocycles. The van der Waals surface area contributed by atoms with Crippen LogP contribution in [0.3, 0.4) is 0 Å². The highest BCUT2D eigenvalue weighted by molar-refractivity contribution is 7.80. The fourth-order valence-electron chi connectivity index (χ4n) is 4.23. The van der Waals surface area contributed by atoms with E-state index >= 15 is 0 Å². The van der Waals surface area contributed by atoms with Crippen LogP contribution in [-0.4, -0.2) is 5.11 Å². The summed E-state index contributed by atoms with van der Waals surface area (Å²) in [5.41, 5.74) is 6.76. The quantitative estimate of drug-likeness (QED) is 0.617. The smallest absolute Gasteiger partial charge is 0.171 e. The maximum absolute atomic E-state index is 5.59. The number of thiocarbonyl (C=S) groups is 1. The van der Waals surface area contributed by atoms with Crippen LogP contribution < -0.4 is 10.6 Å². The van der Waals surface area contributed by atoms with Gasteiger partial charge in [0.15, 0.2) is 5.11 Å². The van der Waals surface area contributed by atoms with E-state index in [-0.39, 0.29) is 11.5 Å². The van der Waals surface area contributed by atoms with Crippen LogP contribution in [-0.2, 0) is 0 Å². The van der Waals surface area contributed by atoms with Crippen molar-refractivity contribution in [1.29, 1.82) is 0 Å². The summed E-state index contributed by atoms with van der Waals surface area (Å²) in [6, 6.07) is 21.4. The molecular formula is C25H28N2S. The van der Waals surface area contributed by atoms with Gasteiger partial charge in [-0.05, 0) is 64.7 Å². The highest BCUT2D eigenvalue weighted by Gasteiger charge is 2.37. The normalized spacial score (nSPS) is 23.8. The third kappa shape index (κ3) is 3.90. The first-order valence-corrected chi connectivity index (χ1v) is 10.4. The zero-order chi connectivity index (χ0) is 19.7. The summed E-state index contributed by atoms with van der Waals surface area (Å²) in [4.78, 5) is 0. The average molecular weight is 389 g/mol. The van der Waals surface area contributed by atoms with E-state index in [4.69, 9.17) is 12.2 Å². The van der Waals surface area contributed by atoms with Crippen LogP contribution in [0.5, 0.6) is 0 Å². The molecule has 2 aliphatic rings. The van der Waals surface area contributed by atoms with Crippen molar-refractivity contribution in [3.63, 3.8) is 0 Å². The molecule has 28 heavy (non-hydrogen) atoms. The van der Waals surface area contributed by atoms with Gasteiger partial charge in [0.05, 0.1) is 6.04 Å². The average Bonchev–Trinajstić information content (AvgIpc) is 2.68. The fourth-order valence-corrected chi connectivity index (χ4v) is 4.45. The van der Waals surface area contributed by atoms with Crippen molar-refractivity contribution in [2.75, 3.05) is 0 Å². The molecule has 0 amide bonds. The summed E-state index contributed by atoms with van der Waals surface area (Å²) in [7, 11) is 0. The standard InChI is InChI=1S/C25H28N2S/c1-25(2,3)20-15-19(14-17-10-6-4-7-11-17)23-21(16-20)22(26-24(28)27-23)18-12-8-5-9-13-18/h4-14,20,22H,15-16H2,1-3H3,(H2,26,27,28)/b19-14+/t20-,22+/m0/s1. The molecule has 2 aromatic rings. The van der Waals surface area contributed by atoms with Crippen LogP contribution in [0.2, 0.25) is 0 Å². The Kier molecular flexibility index (Phi) is 5.11. The number of hydrogen-bond donors (Lipinski definition) is 2. The molecule has 2 N–H and O–H groups in total. The van der Waals surface area contributed by atoms with Gasteiger partial charge in [-0.3, -0.25) is 0 Å². The molecule has 1 heterocycles. The van der Waals surface area contributed by atoms with Gasteiger partial charge in [-0.25, -0.2) is 0 Å². The minimum absolute atomic E-state index is 0.134. The van der Waals surface area contributed by atoms with E-state index in [0.29, 0.717) is 11.0 Å². The van der Waals surface area contributed by atoms with Crippen LogP contribution in [0, 0.1) is 11.3 Å². The SMILES string of the molecule is CC(C)(C)[C@@H]1CC2=C(NC(=S)N[C@@H]2c2ccccc2)/C(=C/c2ccccc2)C1. The number of nitrogens with one attached hydrogen (secondary N) is 2. The van der Waals surface area contributed by atoms with Crippen molar-refractivity contribution in [2.45, 2.75) is 39.7 Å². The van der Waals surface area contributed by atoms with Gasteiger partial charge < -0.3 is 10.6 Å². The molecule has 144 valence electrons. The van der Waals surface area contributed by atoms with E-state index in [9.17, 15) is 0 Å². The number of hydrogen-bond acceptors (Lipinski definition) is 1. The molecule has 1 aliphatic carbocycles. The Hall–Kier alpha value is -2.39. The molecule has 0 saturated heterocycles. The second-order valence-electron chi connectivity index (χ2n) is 8.89. The number of benzene rings is 2. The summed E-state index contributed by atoms with van der Waals surface area (Å²) in [5, 5.41) is 7.72. The first-order chi connectivity index (χ1) is 13.4. The van der Waals surface area contributed by atoms with Crippen molar-refractivity contribution in [3.8, 4) is 0 Å². The first kappa shape index (κ1) is 18.9. The summed E-state index contributed by atoms with van der Waals surface area (Å²) < 4.78 is 0. The molecule has 0 spiro atoms. The molecule has 0 bridgehead atoms. The van der Waals surface area contributed by atoms with Crippen molar-refractivity contribution >= 4 is 23.4 Å². The molecule has 0 aromatic heterocycles. The predicted molar refractivity (Wildman–Crippen MR) is 122 cm³/mol. The minimum Gasteiger partial charge on any atom is -0.352 e. The first-order valence-electron chi connectivity index (χ1n) is 10.0. The second-order valence-corrected chi connectivity index (χ2v) is 9.30. The highest BCUT2D eigenvalue weighted by atomic mass is 32.1. The van der Waals surface area contributed by atoms with E-state index in [1.165, 1.54) is 28.0 Å². The van der Waals surface area contributed by atoms with Crippen LogP contribution in [0.15, 0.2) is 77.5 Å². The molecule has 4 rings (SSSR count). The maximum Gasteiger partial charge on any atom is 0.171 e. The zero-order valence-electron chi connectivity index (χ0n) is 16.8. The van der Waals surface area contributed by atoms with Crippen LogP contribution in [0.1, 0.15) is 50.8 Å². The van der Waals surface area contributed by atoms with Gasteiger partial charge >= 0.3 is 0 Å². The third-order valence-corrected chi connectivity index (χ3v) is 6.16. The van der Waals surface area contributed by atoms with Crippen molar-refractivity contribution < 1.29 is 0 Å². The summed E-state index contributed by atoms with van der Waals surface area (Å²) in [6.45, 7) is 7.07. The molecule has 0 unspecified atom stereocenters. The lowest BCUT2D eigenvalue weighted by atomic mass is 9.68. The predicted octanol–water partition coefficient (Wildman–Crippen LogP) is 6.00. The Labute approximate surface area is 173 Å². The van der Waals surface area contributed by atoms with Crippen molar-refractivity contribution in [2.24, 2.45) is 11.3 Å². The number of allylic oxidation sites excluding steroid dienone is 1. The van der Waals surface area contributed by atoms with Gasteiger partial charge in [0.1, 0.15) is 0 Å². The van der Waals surface area contributed by atoms with Crippen LogP contribution in [0.4, 0.5) is 0 Å². The third-order valence-electron chi connectivity index (χ3n) is 5.94. The topological polar surface area (TPSA) is 24.1 Å². The maximum atomic E-state index is 5.59. The van der Waals surface area contributed by atoms with E-state index in [1.807, 2.05) is 0 Å². The van der Waals surface area contributed by atoms with Gasteiger partial charge in [-0.1, -0.05) is 81.4 Å². The van der Waals surface area contributed by atoms with Crippen LogP contribution >= 0.6 is 12.2 Å². The Bertz CT molecular complexity index is 920. The molecular weight excluding hydrogens is 360 g/mol.